The van der Waals surface area contributed by atoms with Gasteiger partial charge in [0.2, 0.25) is 5.95 Å². The summed E-state index contributed by atoms with van der Waals surface area (Å²) in [6.45, 7) is 0. The van der Waals surface area contributed by atoms with Gasteiger partial charge in [0.05, 0.1) is 0 Å². The molecule has 2 heterocycles. The highest BCUT2D eigenvalue weighted by molar-refractivity contribution is 7.99. The van der Waals surface area contributed by atoms with Crippen molar-refractivity contribution < 1.29 is 4.39 Å². The second kappa shape index (κ2) is 6.29. The van der Waals surface area contributed by atoms with Crippen LogP contribution in [-0.4, -0.2) is 19.8 Å². The number of hydrogen-bond acceptors (Lipinski definition) is 5. The molecule has 0 saturated carbocycles. The summed E-state index contributed by atoms with van der Waals surface area (Å²) in [7, 11) is 0. The summed E-state index contributed by atoms with van der Waals surface area (Å²) in [5.41, 5.74) is 1.21. The van der Waals surface area contributed by atoms with Gasteiger partial charge < -0.3 is 5.32 Å². The van der Waals surface area contributed by atoms with Gasteiger partial charge in [0.25, 0.3) is 0 Å². The molecule has 2 aromatic carbocycles. The van der Waals surface area contributed by atoms with Gasteiger partial charge in [-0.1, -0.05) is 36.0 Å². The second-order valence-corrected chi connectivity index (χ2v) is 6.11. The maximum atomic E-state index is 13.3. The molecule has 0 atom stereocenters. The Morgan fingerprint density at radius 2 is 1.79 bits per heavy atom. The summed E-state index contributed by atoms with van der Waals surface area (Å²) in [5, 5.41) is 16.5. The lowest BCUT2D eigenvalue weighted by Crippen LogP contribution is -2.00. The molecule has 0 radical (unpaired) electrons. The SMILES string of the molecule is Fc1cccc(Nc2nnc3ccc(Sc4ccccc4)nn23)c1. The molecule has 1 N–H and O–H groups in total. The van der Waals surface area contributed by atoms with Gasteiger partial charge in [0.15, 0.2) is 5.65 Å². The van der Waals surface area contributed by atoms with E-state index in [1.165, 1.54) is 12.1 Å². The van der Waals surface area contributed by atoms with Gasteiger partial charge in [-0.25, -0.2) is 4.39 Å². The average Bonchev–Trinajstić information content (AvgIpc) is 2.98. The van der Waals surface area contributed by atoms with Crippen molar-refractivity contribution in [1.29, 1.82) is 0 Å². The molecule has 4 aromatic rings. The number of nitrogens with zero attached hydrogens (tertiary/aromatic N) is 4. The van der Waals surface area contributed by atoms with E-state index in [4.69, 9.17) is 0 Å². The Hall–Kier alpha value is -2.93. The summed E-state index contributed by atoms with van der Waals surface area (Å²) < 4.78 is 14.9. The predicted octanol–water partition coefficient (Wildman–Crippen LogP) is 4.16. The van der Waals surface area contributed by atoms with E-state index in [1.807, 2.05) is 42.5 Å². The molecule has 0 aliphatic carbocycles. The van der Waals surface area contributed by atoms with Crippen molar-refractivity contribution in [3.8, 4) is 0 Å². The summed E-state index contributed by atoms with van der Waals surface area (Å²) >= 11 is 1.55. The molecule has 0 bridgehead atoms. The standard InChI is InChI=1S/C17H12FN5S/c18-12-5-4-6-13(11-12)19-17-21-20-15-9-10-16(22-23(15)17)24-14-7-2-1-3-8-14/h1-11H,(H,19,21). The molecule has 0 unspecified atom stereocenters. The minimum Gasteiger partial charge on any atom is -0.323 e. The van der Waals surface area contributed by atoms with Crippen molar-refractivity contribution in [2.45, 2.75) is 9.92 Å². The number of fused-ring (bicyclic) bond motifs is 1. The van der Waals surface area contributed by atoms with E-state index in [0.717, 1.165) is 9.92 Å². The summed E-state index contributed by atoms with van der Waals surface area (Å²) in [5.74, 6) is 0.119. The van der Waals surface area contributed by atoms with Crippen molar-refractivity contribution in [3.63, 3.8) is 0 Å². The summed E-state index contributed by atoms with van der Waals surface area (Å²) in [4.78, 5) is 1.09. The minimum absolute atomic E-state index is 0.317. The Kier molecular flexibility index (Phi) is 3.84. The van der Waals surface area contributed by atoms with Gasteiger partial charge in [-0.2, -0.15) is 9.61 Å². The van der Waals surface area contributed by atoms with Gasteiger partial charge in [0, 0.05) is 10.6 Å². The van der Waals surface area contributed by atoms with Crippen LogP contribution < -0.4 is 5.32 Å². The van der Waals surface area contributed by atoms with Gasteiger partial charge >= 0.3 is 0 Å². The maximum Gasteiger partial charge on any atom is 0.250 e. The highest BCUT2D eigenvalue weighted by Gasteiger charge is 2.09. The Morgan fingerprint density at radius 1 is 0.917 bits per heavy atom. The van der Waals surface area contributed by atoms with Crippen LogP contribution in [0.2, 0.25) is 0 Å². The largest absolute Gasteiger partial charge is 0.323 e. The molecular formula is C17H12FN5S. The monoisotopic (exact) mass is 337 g/mol. The van der Waals surface area contributed by atoms with E-state index in [9.17, 15) is 4.39 Å². The van der Waals surface area contributed by atoms with E-state index < -0.39 is 0 Å². The Labute approximate surface area is 141 Å². The summed E-state index contributed by atoms with van der Waals surface area (Å²) in [6.07, 6.45) is 0. The molecule has 0 saturated heterocycles. The molecule has 4 rings (SSSR count). The van der Waals surface area contributed by atoms with E-state index in [-0.39, 0.29) is 5.82 Å². The topological polar surface area (TPSA) is 55.1 Å². The molecular weight excluding hydrogens is 325 g/mol. The van der Waals surface area contributed by atoms with E-state index >= 15 is 0 Å². The Bertz CT molecular complexity index is 987. The third-order valence-corrected chi connectivity index (χ3v) is 4.22. The van der Waals surface area contributed by atoms with Crippen molar-refractivity contribution >= 4 is 29.0 Å². The molecule has 2 aromatic heterocycles. The van der Waals surface area contributed by atoms with Gasteiger partial charge in [-0.3, -0.25) is 0 Å². The highest BCUT2D eigenvalue weighted by Crippen LogP contribution is 2.26. The zero-order chi connectivity index (χ0) is 16.4. The van der Waals surface area contributed by atoms with Crippen LogP contribution in [-0.2, 0) is 0 Å². The van der Waals surface area contributed by atoms with Crippen LogP contribution in [0.5, 0.6) is 0 Å². The maximum absolute atomic E-state index is 13.3. The van der Waals surface area contributed by atoms with Crippen LogP contribution in [0.1, 0.15) is 0 Å². The molecule has 0 spiro atoms. The quantitative estimate of drug-likeness (QED) is 0.606. The lowest BCUT2D eigenvalue weighted by Gasteiger charge is -2.05. The number of hydrogen-bond donors (Lipinski definition) is 1. The van der Waals surface area contributed by atoms with Crippen LogP contribution >= 0.6 is 11.8 Å². The molecule has 7 heteroatoms. The predicted molar refractivity (Wildman–Crippen MR) is 91.0 cm³/mol. The van der Waals surface area contributed by atoms with E-state index in [2.05, 4.69) is 20.6 Å². The average molecular weight is 337 g/mol. The van der Waals surface area contributed by atoms with Crippen molar-refractivity contribution in [1.82, 2.24) is 19.8 Å². The first-order chi connectivity index (χ1) is 11.8. The van der Waals surface area contributed by atoms with E-state index in [1.54, 1.807) is 28.4 Å². The number of nitrogens with one attached hydrogen (secondary N) is 1. The van der Waals surface area contributed by atoms with Crippen LogP contribution in [0.15, 0.2) is 76.7 Å². The first-order valence-electron chi connectivity index (χ1n) is 7.26. The number of aromatic nitrogens is 4. The van der Waals surface area contributed by atoms with Crippen LogP contribution in [0.3, 0.4) is 0 Å². The fourth-order valence-corrected chi connectivity index (χ4v) is 3.00. The van der Waals surface area contributed by atoms with Crippen LogP contribution in [0.4, 0.5) is 16.0 Å². The number of anilines is 2. The lowest BCUT2D eigenvalue weighted by molar-refractivity contribution is 0.628. The van der Waals surface area contributed by atoms with Gasteiger partial charge in [0.1, 0.15) is 10.8 Å². The molecule has 0 fully saturated rings. The first kappa shape index (κ1) is 14.6. The van der Waals surface area contributed by atoms with Crippen LogP contribution in [0.25, 0.3) is 5.65 Å². The lowest BCUT2D eigenvalue weighted by atomic mass is 10.3. The number of halogens is 1. The fourth-order valence-electron chi connectivity index (χ4n) is 2.21. The fraction of sp³-hybridized carbons (Fsp3) is 0. The summed E-state index contributed by atoms with van der Waals surface area (Å²) in [6, 6.07) is 19.9. The molecule has 5 nitrogen and oxygen atoms in total. The number of benzene rings is 2. The molecule has 24 heavy (non-hydrogen) atoms. The molecule has 0 aliphatic rings. The molecule has 0 aliphatic heterocycles. The number of rotatable bonds is 4. The van der Waals surface area contributed by atoms with Crippen molar-refractivity contribution in [2.24, 2.45) is 0 Å². The molecule has 118 valence electrons. The zero-order valence-electron chi connectivity index (χ0n) is 12.4. The van der Waals surface area contributed by atoms with Crippen molar-refractivity contribution in [3.05, 3.63) is 72.5 Å². The zero-order valence-corrected chi connectivity index (χ0v) is 13.2. The molecule has 0 amide bonds. The van der Waals surface area contributed by atoms with Gasteiger partial charge in [-0.05, 0) is 42.5 Å². The minimum atomic E-state index is -0.317. The van der Waals surface area contributed by atoms with Crippen molar-refractivity contribution in [2.75, 3.05) is 5.32 Å². The second-order valence-electron chi connectivity index (χ2n) is 5.02. The normalized spacial score (nSPS) is 10.9. The first-order valence-corrected chi connectivity index (χ1v) is 8.07. The van der Waals surface area contributed by atoms with Crippen LogP contribution in [0, 0.1) is 5.82 Å². The smallest absolute Gasteiger partial charge is 0.250 e. The Morgan fingerprint density at radius 3 is 2.62 bits per heavy atom. The van der Waals surface area contributed by atoms with E-state index in [0.29, 0.717) is 17.3 Å². The van der Waals surface area contributed by atoms with Gasteiger partial charge in [-0.15, -0.1) is 10.2 Å². The Balaban J connectivity index is 1.66. The third kappa shape index (κ3) is 3.07. The third-order valence-electron chi connectivity index (χ3n) is 3.28. The highest BCUT2D eigenvalue weighted by atomic mass is 32.2.